The molecule has 0 radical (unpaired) electrons. The zero-order valence-corrected chi connectivity index (χ0v) is 20.4. The molecule has 0 bridgehead atoms. The number of carbonyl (C=O) groups is 1. The summed E-state index contributed by atoms with van der Waals surface area (Å²) in [6, 6.07) is 23.5. The summed E-state index contributed by atoms with van der Waals surface area (Å²) in [5.74, 6) is 5.68. The summed E-state index contributed by atoms with van der Waals surface area (Å²) in [6.45, 7) is 1.23. The number of hydrazine groups is 1. The van der Waals surface area contributed by atoms with Crippen molar-refractivity contribution in [1.82, 2.24) is 0 Å². The third kappa shape index (κ3) is 4.36. The Morgan fingerprint density at radius 2 is 1.71 bits per heavy atom. The van der Waals surface area contributed by atoms with Crippen LogP contribution in [0, 0.1) is 0 Å². The van der Waals surface area contributed by atoms with Gasteiger partial charge in [0.05, 0.1) is 5.69 Å². The van der Waals surface area contributed by atoms with Crippen LogP contribution < -0.4 is 16.2 Å². The van der Waals surface area contributed by atoms with Crippen LogP contribution in [0.5, 0.6) is 0 Å². The monoisotopic (exact) mass is 494 g/mol. The second-order valence-electron chi connectivity index (χ2n) is 7.84. The van der Waals surface area contributed by atoms with E-state index < -0.39 is 18.7 Å². The first-order valence-electron chi connectivity index (χ1n) is 10.5. The van der Waals surface area contributed by atoms with Gasteiger partial charge in [0.15, 0.2) is 0 Å². The van der Waals surface area contributed by atoms with E-state index >= 15 is 4.39 Å². The van der Waals surface area contributed by atoms with Gasteiger partial charge < -0.3 is 4.52 Å². The smallest absolute Gasteiger partial charge is 0.272 e. The molecule has 0 saturated heterocycles. The number of nitrogens with two attached hydrogens (primary N) is 1. The predicted molar refractivity (Wildman–Crippen MR) is 136 cm³/mol. The van der Waals surface area contributed by atoms with Crippen LogP contribution in [0.15, 0.2) is 95.7 Å². The van der Waals surface area contributed by atoms with Gasteiger partial charge in [0, 0.05) is 18.0 Å². The molecule has 0 spiro atoms. The number of benzene rings is 3. The minimum atomic E-state index is -3.90. The number of hydrogen-bond acceptors (Lipinski definition) is 5. The second-order valence-corrected chi connectivity index (χ2v) is 11.4. The van der Waals surface area contributed by atoms with E-state index in [4.69, 9.17) is 10.4 Å². The van der Waals surface area contributed by atoms with E-state index in [0.717, 1.165) is 16.1 Å². The third-order valence-electron chi connectivity index (χ3n) is 5.76. The van der Waals surface area contributed by atoms with E-state index in [2.05, 4.69) is 0 Å². The molecule has 174 valence electrons. The topological polar surface area (TPSA) is 72.6 Å². The number of carbonyl (C=O) groups excluding carboxylic acids is 1. The van der Waals surface area contributed by atoms with Crippen LogP contribution in [-0.4, -0.2) is 13.0 Å². The highest BCUT2D eigenvalue weighted by Gasteiger charge is 2.48. The Bertz CT molecular complexity index is 1330. The highest BCUT2D eigenvalue weighted by Crippen LogP contribution is 2.63. The van der Waals surface area contributed by atoms with Crippen molar-refractivity contribution < 1.29 is 18.3 Å². The van der Waals surface area contributed by atoms with Crippen molar-refractivity contribution in [2.75, 3.05) is 12.1 Å². The Hall–Kier alpha value is -3.09. The summed E-state index contributed by atoms with van der Waals surface area (Å²) < 4.78 is 34.8. The molecule has 4 aromatic rings. The van der Waals surface area contributed by atoms with Crippen molar-refractivity contribution in [3.63, 3.8) is 0 Å². The standard InChI is InChI=1S/C26H24FN2O3PS/c1-26(27,33(31,32-2)24-9-4-3-5-10-24)22-13-11-19(12-14-22)25(30)29(28)23-8-6-7-20(17-23)21-15-16-34-18-21/h3-18H,28H2,1-2H3. The molecule has 0 saturated carbocycles. The van der Waals surface area contributed by atoms with Crippen molar-refractivity contribution >= 4 is 35.6 Å². The average molecular weight is 495 g/mol. The summed E-state index contributed by atoms with van der Waals surface area (Å²) in [5, 5.41) is 3.03. The minimum Gasteiger partial charge on any atom is -0.326 e. The van der Waals surface area contributed by atoms with Gasteiger partial charge in [-0.2, -0.15) is 11.3 Å². The van der Waals surface area contributed by atoms with Gasteiger partial charge in [-0.15, -0.1) is 0 Å². The first-order valence-corrected chi connectivity index (χ1v) is 13.1. The Morgan fingerprint density at radius 3 is 2.32 bits per heavy atom. The number of hydrogen-bond donors (Lipinski definition) is 1. The van der Waals surface area contributed by atoms with Crippen LogP contribution >= 0.6 is 18.7 Å². The Kier molecular flexibility index (Phi) is 6.82. The molecule has 1 aromatic heterocycles. The molecule has 1 heterocycles. The molecule has 3 aromatic carbocycles. The Morgan fingerprint density at radius 1 is 1.00 bits per heavy atom. The fourth-order valence-corrected chi connectivity index (χ4v) is 6.51. The van der Waals surface area contributed by atoms with E-state index in [-0.39, 0.29) is 16.4 Å². The molecule has 5 nitrogen and oxygen atoms in total. The first-order chi connectivity index (χ1) is 16.3. The van der Waals surface area contributed by atoms with Crippen LogP contribution in [0.2, 0.25) is 0 Å². The number of rotatable bonds is 7. The molecule has 34 heavy (non-hydrogen) atoms. The molecule has 0 aliphatic rings. The second kappa shape index (κ2) is 9.65. The van der Waals surface area contributed by atoms with E-state index in [1.54, 1.807) is 47.7 Å². The van der Waals surface area contributed by atoms with E-state index in [0.29, 0.717) is 5.69 Å². The van der Waals surface area contributed by atoms with Gasteiger partial charge in [-0.3, -0.25) is 9.36 Å². The molecule has 0 aliphatic carbocycles. The van der Waals surface area contributed by atoms with Crippen molar-refractivity contribution in [3.8, 4) is 11.1 Å². The molecule has 2 N–H and O–H groups in total. The maximum atomic E-state index is 16.0. The zero-order valence-electron chi connectivity index (χ0n) is 18.7. The van der Waals surface area contributed by atoms with Crippen LogP contribution in [0.1, 0.15) is 22.8 Å². The average Bonchev–Trinajstić information content (AvgIpc) is 3.43. The van der Waals surface area contributed by atoms with E-state index in [1.165, 1.54) is 38.3 Å². The number of halogens is 1. The quantitative estimate of drug-likeness (QED) is 0.141. The van der Waals surface area contributed by atoms with E-state index in [9.17, 15) is 9.36 Å². The lowest BCUT2D eigenvalue weighted by molar-refractivity contribution is 0.0987. The van der Waals surface area contributed by atoms with Gasteiger partial charge in [0.2, 0.25) is 5.41 Å². The summed E-state index contributed by atoms with van der Waals surface area (Å²) in [4.78, 5) is 13.0. The normalized spacial score (nSPS) is 14.7. The van der Waals surface area contributed by atoms with Crippen molar-refractivity contribution in [3.05, 3.63) is 107 Å². The van der Waals surface area contributed by atoms with Gasteiger partial charge in [0.1, 0.15) is 0 Å². The molecule has 4 rings (SSSR count). The Labute approximate surface area is 202 Å². The zero-order chi connectivity index (χ0) is 24.3. The van der Waals surface area contributed by atoms with Crippen LogP contribution in [0.3, 0.4) is 0 Å². The fourth-order valence-electron chi connectivity index (χ4n) is 3.75. The predicted octanol–water partition coefficient (Wildman–Crippen LogP) is 6.33. The molecular formula is C26H24FN2O3PS. The van der Waals surface area contributed by atoms with Gasteiger partial charge in [-0.1, -0.05) is 42.5 Å². The highest BCUT2D eigenvalue weighted by molar-refractivity contribution is 7.67. The molecule has 2 unspecified atom stereocenters. The minimum absolute atomic E-state index is 0.140. The van der Waals surface area contributed by atoms with Gasteiger partial charge >= 0.3 is 0 Å². The summed E-state index contributed by atoms with van der Waals surface area (Å²) in [7, 11) is -2.66. The van der Waals surface area contributed by atoms with Crippen LogP contribution in [-0.2, 0) is 14.5 Å². The summed E-state index contributed by atoms with van der Waals surface area (Å²) >= 11 is 1.59. The molecule has 1 amide bonds. The van der Waals surface area contributed by atoms with Gasteiger partial charge in [-0.05, 0) is 76.8 Å². The Balaban J connectivity index is 1.59. The molecule has 0 aliphatic heterocycles. The number of nitrogens with zero attached hydrogens (tertiary/aromatic N) is 1. The van der Waals surface area contributed by atoms with Gasteiger partial charge in [-0.25, -0.2) is 15.2 Å². The first kappa shape index (κ1) is 24.0. The summed E-state index contributed by atoms with van der Waals surface area (Å²) in [6.07, 6.45) is 0. The maximum Gasteiger partial charge on any atom is 0.272 e. The SMILES string of the molecule is COP(=O)(c1ccccc1)C(C)(F)c1ccc(C(=O)N(N)c2cccc(-c3ccsc3)c2)cc1. The third-order valence-corrected chi connectivity index (χ3v) is 9.30. The number of thiophene rings is 1. The van der Waals surface area contributed by atoms with E-state index in [1.807, 2.05) is 35.0 Å². The van der Waals surface area contributed by atoms with Gasteiger partial charge in [0.25, 0.3) is 13.3 Å². The fraction of sp³-hybridized carbons (Fsp3) is 0.115. The lowest BCUT2D eigenvalue weighted by Crippen LogP contribution is -2.37. The molecular weight excluding hydrogens is 470 g/mol. The number of alkyl halides is 1. The number of anilines is 1. The van der Waals surface area contributed by atoms with Crippen molar-refractivity contribution in [2.45, 2.75) is 12.3 Å². The number of amides is 1. The molecule has 2 atom stereocenters. The largest absolute Gasteiger partial charge is 0.326 e. The lowest BCUT2D eigenvalue weighted by Gasteiger charge is -2.30. The van der Waals surface area contributed by atoms with Crippen molar-refractivity contribution in [2.24, 2.45) is 5.84 Å². The lowest BCUT2D eigenvalue weighted by atomic mass is 10.1. The van der Waals surface area contributed by atoms with Crippen molar-refractivity contribution in [1.29, 1.82) is 0 Å². The summed E-state index contributed by atoms with van der Waals surface area (Å²) in [5.41, 5.74) is 2.93. The highest BCUT2D eigenvalue weighted by atomic mass is 32.1. The van der Waals surface area contributed by atoms with Crippen LogP contribution in [0.4, 0.5) is 10.1 Å². The maximum absolute atomic E-state index is 16.0. The molecule has 0 fully saturated rings. The van der Waals surface area contributed by atoms with Crippen LogP contribution in [0.25, 0.3) is 11.1 Å². The molecule has 8 heteroatoms.